The molecule has 2 aromatic heterocycles. The first-order valence-electron chi connectivity index (χ1n) is 9.02. The predicted molar refractivity (Wildman–Crippen MR) is 104 cm³/mol. The van der Waals surface area contributed by atoms with Crippen molar-refractivity contribution >= 4 is 40.5 Å². The summed E-state index contributed by atoms with van der Waals surface area (Å²) in [5, 5.41) is 0.507. The molecular weight excluding hydrogens is 388 g/mol. The molecule has 1 N–H and O–H groups in total. The number of H-pyrrole nitrogens is 1. The SMILES string of the molecule is CCOC(=O)c1c[nH]c2nc(N3CCN(C(=O)OCC)CC3)c(Cl)cc2c1=O. The molecule has 1 amide bonds. The van der Waals surface area contributed by atoms with Crippen LogP contribution in [0.2, 0.25) is 5.02 Å². The van der Waals surface area contributed by atoms with E-state index in [1.807, 2.05) is 4.90 Å². The zero-order chi connectivity index (χ0) is 20.3. The Morgan fingerprint density at radius 3 is 2.50 bits per heavy atom. The van der Waals surface area contributed by atoms with Crippen molar-refractivity contribution in [3.63, 3.8) is 0 Å². The van der Waals surface area contributed by atoms with Crippen molar-refractivity contribution < 1.29 is 19.1 Å². The highest BCUT2D eigenvalue weighted by atomic mass is 35.5. The fourth-order valence-electron chi connectivity index (χ4n) is 3.01. The van der Waals surface area contributed by atoms with Gasteiger partial charge in [-0.1, -0.05) is 11.6 Å². The van der Waals surface area contributed by atoms with Gasteiger partial charge in [0.05, 0.1) is 23.6 Å². The minimum Gasteiger partial charge on any atom is -0.462 e. The van der Waals surface area contributed by atoms with Crippen molar-refractivity contribution in [1.29, 1.82) is 0 Å². The molecule has 3 heterocycles. The molecule has 10 heteroatoms. The van der Waals surface area contributed by atoms with E-state index in [9.17, 15) is 14.4 Å². The van der Waals surface area contributed by atoms with Gasteiger partial charge in [0.2, 0.25) is 5.43 Å². The van der Waals surface area contributed by atoms with Gasteiger partial charge >= 0.3 is 12.1 Å². The summed E-state index contributed by atoms with van der Waals surface area (Å²) in [4.78, 5) is 47.2. The summed E-state index contributed by atoms with van der Waals surface area (Å²) in [7, 11) is 0. The number of piperazine rings is 1. The first-order chi connectivity index (χ1) is 13.5. The molecule has 0 unspecified atom stereocenters. The van der Waals surface area contributed by atoms with Crippen LogP contribution < -0.4 is 10.3 Å². The molecule has 1 fully saturated rings. The standard InChI is InChI=1S/C18H21ClN4O5/c1-3-27-17(25)12-10-20-15-11(14(12)24)9-13(19)16(21-15)22-5-7-23(8-6-22)18(26)28-4-2/h9-10H,3-8H2,1-2H3,(H,20,21,24). The number of halogens is 1. The van der Waals surface area contributed by atoms with Gasteiger partial charge in [0.25, 0.3) is 0 Å². The van der Waals surface area contributed by atoms with Crippen molar-refractivity contribution in [2.45, 2.75) is 13.8 Å². The van der Waals surface area contributed by atoms with Gasteiger partial charge in [0.15, 0.2) is 0 Å². The largest absolute Gasteiger partial charge is 0.462 e. The maximum atomic E-state index is 12.6. The van der Waals surface area contributed by atoms with Crippen molar-refractivity contribution in [3.8, 4) is 0 Å². The number of rotatable bonds is 4. The van der Waals surface area contributed by atoms with E-state index >= 15 is 0 Å². The number of nitrogens with zero attached hydrogens (tertiary/aromatic N) is 3. The Morgan fingerprint density at radius 1 is 1.18 bits per heavy atom. The number of carbonyl (C=O) groups is 2. The zero-order valence-corrected chi connectivity index (χ0v) is 16.4. The lowest BCUT2D eigenvalue weighted by Gasteiger charge is -2.35. The molecule has 28 heavy (non-hydrogen) atoms. The highest BCUT2D eigenvalue weighted by Gasteiger charge is 2.25. The second-order valence-corrected chi connectivity index (χ2v) is 6.52. The molecule has 0 bridgehead atoms. The minimum absolute atomic E-state index is 0.0944. The van der Waals surface area contributed by atoms with Gasteiger partial charge < -0.3 is 24.3 Å². The predicted octanol–water partition coefficient (Wildman–Crippen LogP) is 2.03. The summed E-state index contributed by atoms with van der Waals surface area (Å²) in [5.41, 5.74) is -0.256. The number of anilines is 1. The Morgan fingerprint density at radius 2 is 1.86 bits per heavy atom. The first kappa shape index (κ1) is 19.9. The van der Waals surface area contributed by atoms with Gasteiger partial charge in [-0.05, 0) is 19.9 Å². The normalized spacial score (nSPS) is 14.2. The average Bonchev–Trinajstić information content (AvgIpc) is 2.69. The molecule has 0 saturated carbocycles. The minimum atomic E-state index is -0.694. The van der Waals surface area contributed by atoms with E-state index < -0.39 is 11.4 Å². The number of aromatic amines is 1. The molecule has 1 aliphatic heterocycles. The summed E-state index contributed by atoms with van der Waals surface area (Å²) in [6.45, 7) is 5.95. The van der Waals surface area contributed by atoms with E-state index in [0.29, 0.717) is 49.3 Å². The molecule has 9 nitrogen and oxygen atoms in total. The molecule has 0 radical (unpaired) electrons. The summed E-state index contributed by atoms with van der Waals surface area (Å²) < 4.78 is 9.90. The number of hydrogen-bond acceptors (Lipinski definition) is 7. The van der Waals surface area contributed by atoms with Crippen LogP contribution in [0.4, 0.5) is 10.6 Å². The van der Waals surface area contributed by atoms with Crippen LogP contribution in [0.3, 0.4) is 0 Å². The fraction of sp³-hybridized carbons (Fsp3) is 0.444. The highest BCUT2D eigenvalue weighted by Crippen LogP contribution is 2.27. The number of hydrogen-bond donors (Lipinski definition) is 1. The fourth-order valence-corrected chi connectivity index (χ4v) is 3.28. The monoisotopic (exact) mass is 408 g/mol. The van der Waals surface area contributed by atoms with E-state index in [-0.39, 0.29) is 23.6 Å². The van der Waals surface area contributed by atoms with Crippen molar-refractivity contribution in [3.05, 3.63) is 33.1 Å². The quantitative estimate of drug-likeness (QED) is 0.771. The molecule has 2 aromatic rings. The van der Waals surface area contributed by atoms with Crippen LogP contribution in [0.15, 0.2) is 17.1 Å². The van der Waals surface area contributed by atoms with Gasteiger partial charge in [-0.15, -0.1) is 0 Å². The Kier molecular flexibility index (Phi) is 6.03. The summed E-state index contributed by atoms with van der Waals surface area (Å²) in [5.74, 6) is -0.182. The lowest BCUT2D eigenvalue weighted by atomic mass is 10.2. The van der Waals surface area contributed by atoms with E-state index in [1.54, 1.807) is 18.7 Å². The summed E-state index contributed by atoms with van der Waals surface area (Å²) >= 11 is 6.37. The number of carbonyl (C=O) groups excluding carboxylic acids is 2. The maximum Gasteiger partial charge on any atom is 0.409 e. The van der Waals surface area contributed by atoms with E-state index in [0.717, 1.165) is 0 Å². The van der Waals surface area contributed by atoms with Gasteiger partial charge in [-0.3, -0.25) is 4.79 Å². The van der Waals surface area contributed by atoms with Crippen LogP contribution in [0.1, 0.15) is 24.2 Å². The highest BCUT2D eigenvalue weighted by molar-refractivity contribution is 6.33. The van der Waals surface area contributed by atoms with Crippen LogP contribution in [0.25, 0.3) is 11.0 Å². The molecule has 0 atom stereocenters. The zero-order valence-electron chi connectivity index (χ0n) is 15.7. The third-order valence-corrected chi connectivity index (χ3v) is 4.68. The van der Waals surface area contributed by atoms with Crippen molar-refractivity contribution in [1.82, 2.24) is 14.9 Å². The third-order valence-electron chi connectivity index (χ3n) is 4.40. The molecular formula is C18H21ClN4O5. The Labute approximate surface area is 166 Å². The Hall–Kier alpha value is -2.81. The molecule has 0 aliphatic carbocycles. The molecule has 1 aliphatic rings. The molecule has 150 valence electrons. The van der Waals surface area contributed by atoms with E-state index in [4.69, 9.17) is 21.1 Å². The van der Waals surface area contributed by atoms with Gasteiger partial charge in [0, 0.05) is 32.4 Å². The van der Waals surface area contributed by atoms with E-state index in [1.165, 1.54) is 12.3 Å². The van der Waals surface area contributed by atoms with Gasteiger partial charge in [-0.25, -0.2) is 14.6 Å². The molecule has 1 saturated heterocycles. The average molecular weight is 409 g/mol. The summed E-state index contributed by atoms with van der Waals surface area (Å²) in [6, 6.07) is 1.50. The molecule has 0 aromatic carbocycles. The molecule has 0 spiro atoms. The van der Waals surface area contributed by atoms with Crippen LogP contribution >= 0.6 is 11.6 Å². The van der Waals surface area contributed by atoms with E-state index in [2.05, 4.69) is 9.97 Å². The summed E-state index contributed by atoms with van der Waals surface area (Å²) in [6.07, 6.45) is 0.960. The lowest BCUT2D eigenvalue weighted by Crippen LogP contribution is -2.49. The second kappa shape index (κ2) is 8.47. The number of nitrogens with one attached hydrogen (secondary N) is 1. The molecule has 3 rings (SSSR count). The van der Waals surface area contributed by atoms with Crippen molar-refractivity contribution in [2.24, 2.45) is 0 Å². The number of aromatic nitrogens is 2. The number of fused-ring (bicyclic) bond motifs is 1. The number of pyridine rings is 2. The van der Waals surface area contributed by atoms with Crippen LogP contribution in [0.5, 0.6) is 0 Å². The number of esters is 1. The van der Waals surface area contributed by atoms with Crippen LogP contribution in [-0.4, -0.2) is 66.3 Å². The van der Waals surface area contributed by atoms with Crippen LogP contribution in [0, 0.1) is 0 Å². The third kappa shape index (κ3) is 3.89. The maximum absolute atomic E-state index is 12.6. The topological polar surface area (TPSA) is 105 Å². The number of ether oxygens (including phenoxy) is 2. The lowest BCUT2D eigenvalue weighted by molar-refractivity contribution is 0.0524. The Balaban J connectivity index is 1.85. The number of amides is 1. The van der Waals surface area contributed by atoms with Crippen LogP contribution in [-0.2, 0) is 9.47 Å². The smallest absolute Gasteiger partial charge is 0.409 e. The second-order valence-electron chi connectivity index (χ2n) is 6.11. The van der Waals surface area contributed by atoms with Crippen molar-refractivity contribution in [2.75, 3.05) is 44.3 Å². The van der Waals surface area contributed by atoms with Gasteiger partial charge in [-0.2, -0.15) is 0 Å². The van der Waals surface area contributed by atoms with Gasteiger partial charge in [0.1, 0.15) is 17.0 Å². The Bertz CT molecular complexity index is 953. The first-order valence-corrected chi connectivity index (χ1v) is 9.39.